The summed E-state index contributed by atoms with van der Waals surface area (Å²) in [5.74, 6) is 1.18. The summed E-state index contributed by atoms with van der Waals surface area (Å²) in [4.78, 5) is 9.22. The minimum absolute atomic E-state index is 0.439. The van der Waals surface area contributed by atoms with Gasteiger partial charge in [-0.1, -0.05) is 23.2 Å². The van der Waals surface area contributed by atoms with E-state index in [-0.39, 0.29) is 0 Å². The monoisotopic (exact) mass is 330 g/mol. The van der Waals surface area contributed by atoms with Crippen LogP contribution < -0.4 is 0 Å². The molecule has 3 aromatic heterocycles. The molecule has 0 radical (unpaired) electrons. The van der Waals surface area contributed by atoms with Gasteiger partial charge in [-0.2, -0.15) is 0 Å². The minimum atomic E-state index is 0.439. The van der Waals surface area contributed by atoms with Crippen molar-refractivity contribution in [3.05, 3.63) is 59.0 Å². The fourth-order valence-corrected chi connectivity index (χ4v) is 2.78. The molecule has 0 fully saturated rings. The summed E-state index contributed by atoms with van der Waals surface area (Å²) in [5.41, 5.74) is 2.30. The topological polar surface area (TPSA) is 52.1 Å². The second-order valence-corrected chi connectivity index (χ2v) is 5.47. The van der Waals surface area contributed by atoms with Gasteiger partial charge in [-0.3, -0.25) is 0 Å². The zero-order chi connectivity index (χ0) is 15.1. The van der Waals surface area contributed by atoms with Crippen molar-refractivity contribution < 1.29 is 8.83 Å². The molecule has 0 aliphatic rings. The lowest BCUT2D eigenvalue weighted by molar-refractivity contribution is 0.572. The van der Waals surface area contributed by atoms with Crippen LogP contribution in [0.5, 0.6) is 0 Å². The molecule has 0 atom stereocenters. The average Bonchev–Trinajstić information content (AvgIpc) is 3.19. The van der Waals surface area contributed by atoms with Gasteiger partial charge in [-0.25, -0.2) is 9.97 Å². The van der Waals surface area contributed by atoms with E-state index < -0.39 is 0 Å². The molecule has 0 unspecified atom stereocenters. The second kappa shape index (κ2) is 5.16. The van der Waals surface area contributed by atoms with E-state index in [0.717, 1.165) is 0 Å². The molecule has 4 aromatic rings. The Morgan fingerprint density at radius 2 is 1.45 bits per heavy atom. The predicted octanol–water partition coefficient (Wildman–Crippen LogP) is 5.46. The highest BCUT2D eigenvalue weighted by Gasteiger charge is 2.18. The maximum atomic E-state index is 6.23. The summed E-state index contributed by atoms with van der Waals surface area (Å²) in [6.45, 7) is 0. The van der Waals surface area contributed by atoms with Crippen LogP contribution in [0.25, 0.3) is 33.9 Å². The highest BCUT2D eigenvalue weighted by Crippen LogP contribution is 2.34. The van der Waals surface area contributed by atoms with Crippen LogP contribution in [-0.2, 0) is 0 Å². The van der Waals surface area contributed by atoms with Crippen LogP contribution in [0.1, 0.15) is 0 Å². The lowest BCUT2D eigenvalue weighted by atomic mass is 10.2. The van der Waals surface area contributed by atoms with Crippen molar-refractivity contribution in [3.63, 3.8) is 0 Å². The molecule has 0 aliphatic carbocycles. The van der Waals surface area contributed by atoms with Gasteiger partial charge in [-0.05, 0) is 36.4 Å². The van der Waals surface area contributed by atoms with Gasteiger partial charge in [0.15, 0.2) is 11.5 Å². The molecule has 4 rings (SSSR count). The highest BCUT2D eigenvalue weighted by atomic mass is 35.5. The molecule has 6 heteroatoms. The standard InChI is InChI=1S/C16H8Cl2N2O2/c17-9-7-10(18)14-11(8-9)19-15(12-3-1-5-21-12)16(20-14)13-4-2-6-22-13/h1-8H. The molecule has 0 spiro atoms. The Bertz CT molecular complexity index is 948. The van der Waals surface area contributed by atoms with E-state index in [4.69, 9.17) is 32.0 Å². The molecule has 0 bridgehead atoms. The van der Waals surface area contributed by atoms with Crippen molar-refractivity contribution in [1.29, 1.82) is 0 Å². The van der Waals surface area contributed by atoms with E-state index >= 15 is 0 Å². The third kappa shape index (κ3) is 2.17. The van der Waals surface area contributed by atoms with Crippen LogP contribution >= 0.6 is 23.2 Å². The van der Waals surface area contributed by atoms with E-state index in [1.807, 2.05) is 12.1 Å². The van der Waals surface area contributed by atoms with E-state index in [1.54, 1.807) is 36.8 Å². The highest BCUT2D eigenvalue weighted by molar-refractivity contribution is 6.38. The van der Waals surface area contributed by atoms with Gasteiger partial charge >= 0.3 is 0 Å². The Morgan fingerprint density at radius 3 is 2.05 bits per heavy atom. The smallest absolute Gasteiger partial charge is 0.154 e. The van der Waals surface area contributed by atoms with Crippen LogP contribution in [0, 0.1) is 0 Å². The van der Waals surface area contributed by atoms with Crippen LogP contribution in [0.4, 0.5) is 0 Å². The van der Waals surface area contributed by atoms with Gasteiger partial charge in [0.25, 0.3) is 0 Å². The summed E-state index contributed by atoms with van der Waals surface area (Å²) in [6.07, 6.45) is 3.16. The first kappa shape index (κ1) is 13.4. The number of halogens is 2. The largest absolute Gasteiger partial charge is 0.463 e. The maximum absolute atomic E-state index is 6.23. The summed E-state index contributed by atoms with van der Waals surface area (Å²) >= 11 is 12.3. The van der Waals surface area contributed by atoms with Crippen LogP contribution in [0.15, 0.2) is 57.8 Å². The Kier molecular flexibility index (Phi) is 3.13. The van der Waals surface area contributed by atoms with Gasteiger partial charge in [0.2, 0.25) is 0 Å². The van der Waals surface area contributed by atoms with Crippen molar-refractivity contribution >= 4 is 34.2 Å². The maximum Gasteiger partial charge on any atom is 0.154 e. The quantitative estimate of drug-likeness (QED) is 0.490. The van der Waals surface area contributed by atoms with Crippen molar-refractivity contribution in [2.75, 3.05) is 0 Å². The summed E-state index contributed by atoms with van der Waals surface area (Å²) in [6, 6.07) is 10.6. The van der Waals surface area contributed by atoms with E-state index in [9.17, 15) is 0 Å². The number of fused-ring (bicyclic) bond motifs is 1. The minimum Gasteiger partial charge on any atom is -0.463 e. The summed E-state index contributed by atoms with van der Waals surface area (Å²) < 4.78 is 10.9. The number of hydrogen-bond donors (Lipinski definition) is 0. The summed E-state index contributed by atoms with van der Waals surface area (Å²) in [7, 11) is 0. The molecule has 4 nitrogen and oxygen atoms in total. The number of aromatic nitrogens is 2. The van der Waals surface area contributed by atoms with Crippen LogP contribution in [0.3, 0.4) is 0 Å². The first-order chi connectivity index (χ1) is 10.7. The molecule has 3 heterocycles. The molecule has 108 valence electrons. The number of rotatable bonds is 2. The third-order valence-corrected chi connectivity index (χ3v) is 3.70. The average molecular weight is 331 g/mol. The summed E-state index contributed by atoms with van der Waals surface area (Å²) in [5, 5.41) is 0.941. The molecule has 1 aromatic carbocycles. The van der Waals surface area contributed by atoms with Gasteiger partial charge in [0, 0.05) is 5.02 Å². The van der Waals surface area contributed by atoms with E-state index in [0.29, 0.717) is 44.0 Å². The fourth-order valence-electron chi connectivity index (χ4n) is 2.26. The second-order valence-electron chi connectivity index (χ2n) is 4.63. The Morgan fingerprint density at radius 1 is 0.818 bits per heavy atom. The molecule has 0 amide bonds. The fraction of sp³-hybridized carbons (Fsp3) is 0. The predicted molar refractivity (Wildman–Crippen MR) is 85.0 cm³/mol. The molecular weight excluding hydrogens is 323 g/mol. The lowest BCUT2D eigenvalue weighted by Crippen LogP contribution is -1.94. The van der Waals surface area contributed by atoms with Crippen molar-refractivity contribution in [3.8, 4) is 22.9 Å². The number of benzene rings is 1. The first-order valence-corrected chi connectivity index (χ1v) is 7.22. The number of furan rings is 2. The van der Waals surface area contributed by atoms with Crippen LogP contribution in [0.2, 0.25) is 10.0 Å². The zero-order valence-electron chi connectivity index (χ0n) is 11.1. The molecule has 22 heavy (non-hydrogen) atoms. The molecule has 0 saturated heterocycles. The SMILES string of the molecule is Clc1cc(Cl)c2nc(-c3ccco3)c(-c3ccco3)nc2c1. The van der Waals surface area contributed by atoms with Crippen molar-refractivity contribution in [2.45, 2.75) is 0 Å². The third-order valence-electron chi connectivity index (χ3n) is 3.20. The molecule has 0 N–H and O–H groups in total. The Labute approximate surface area is 135 Å². The first-order valence-electron chi connectivity index (χ1n) is 6.47. The van der Waals surface area contributed by atoms with Crippen molar-refractivity contribution in [2.24, 2.45) is 0 Å². The van der Waals surface area contributed by atoms with E-state index in [1.165, 1.54) is 0 Å². The van der Waals surface area contributed by atoms with Gasteiger partial charge in [-0.15, -0.1) is 0 Å². The molecular formula is C16H8Cl2N2O2. The van der Waals surface area contributed by atoms with Gasteiger partial charge in [0.05, 0.1) is 23.1 Å². The van der Waals surface area contributed by atoms with Gasteiger partial charge < -0.3 is 8.83 Å². The lowest BCUT2D eigenvalue weighted by Gasteiger charge is -2.07. The molecule has 0 saturated carbocycles. The van der Waals surface area contributed by atoms with Crippen LogP contribution in [-0.4, -0.2) is 9.97 Å². The normalized spacial score (nSPS) is 11.2. The Balaban J connectivity index is 2.09. The zero-order valence-corrected chi connectivity index (χ0v) is 12.6. The number of nitrogens with zero attached hydrogens (tertiary/aromatic N) is 2. The van der Waals surface area contributed by atoms with E-state index in [2.05, 4.69) is 9.97 Å². The van der Waals surface area contributed by atoms with Crippen molar-refractivity contribution in [1.82, 2.24) is 9.97 Å². The molecule has 0 aliphatic heterocycles. The van der Waals surface area contributed by atoms with Gasteiger partial charge in [0.1, 0.15) is 16.9 Å². The Hall–Kier alpha value is -2.30. The number of hydrogen-bond acceptors (Lipinski definition) is 4.